The minimum Gasteiger partial charge on any atom is -0.350 e. The molecule has 2 aromatic rings. The Bertz CT molecular complexity index is 963. The van der Waals surface area contributed by atoms with Crippen LogP contribution < -0.4 is 21.3 Å². The molecular formula is C20H20F3N5O3. The molecule has 8 nitrogen and oxygen atoms in total. The van der Waals surface area contributed by atoms with Gasteiger partial charge in [0.15, 0.2) is 0 Å². The highest BCUT2D eigenvalue weighted by Gasteiger charge is 2.30. The van der Waals surface area contributed by atoms with E-state index >= 15 is 0 Å². The van der Waals surface area contributed by atoms with Gasteiger partial charge in [-0.1, -0.05) is 12.1 Å². The molecule has 1 aliphatic rings. The summed E-state index contributed by atoms with van der Waals surface area (Å²) >= 11 is 0. The van der Waals surface area contributed by atoms with Gasteiger partial charge in [0.1, 0.15) is 0 Å². The first-order valence-electron chi connectivity index (χ1n) is 9.39. The molecule has 0 spiro atoms. The Morgan fingerprint density at radius 1 is 1.03 bits per heavy atom. The SMILES string of the molecule is O=C(Nc1ccc(C(F)(F)F)cc1)Nc1ccccc1C(=O)NCCN1CCNC1=O. The van der Waals surface area contributed by atoms with E-state index in [1.54, 1.807) is 17.0 Å². The molecule has 1 fully saturated rings. The fraction of sp³-hybridized carbons (Fsp3) is 0.250. The van der Waals surface area contributed by atoms with Crippen molar-refractivity contribution in [2.75, 3.05) is 36.8 Å². The molecule has 1 aliphatic heterocycles. The number of rotatable bonds is 6. The van der Waals surface area contributed by atoms with Crippen molar-refractivity contribution in [2.24, 2.45) is 0 Å². The summed E-state index contributed by atoms with van der Waals surface area (Å²) in [6, 6.07) is 9.38. The number of nitrogens with zero attached hydrogens (tertiary/aromatic N) is 1. The standard InChI is InChI=1S/C20H20F3N5O3/c21-20(22,23)13-5-7-14(8-6-13)26-18(30)27-16-4-2-1-3-15(16)17(29)24-9-11-28-12-10-25-19(28)31/h1-8H,9-12H2,(H,24,29)(H,25,31)(H2,26,27,30). The summed E-state index contributed by atoms with van der Waals surface area (Å²) in [5.74, 6) is -0.440. The van der Waals surface area contributed by atoms with Crippen LogP contribution in [0.25, 0.3) is 0 Å². The number of halogens is 3. The first-order valence-corrected chi connectivity index (χ1v) is 9.39. The first kappa shape index (κ1) is 21.9. The van der Waals surface area contributed by atoms with Crippen molar-refractivity contribution in [3.05, 3.63) is 59.7 Å². The summed E-state index contributed by atoms with van der Waals surface area (Å²) in [6.45, 7) is 1.71. The average Bonchev–Trinajstić information content (AvgIpc) is 3.12. The number of benzene rings is 2. The largest absolute Gasteiger partial charge is 0.416 e. The van der Waals surface area contributed by atoms with Crippen LogP contribution in [0.5, 0.6) is 0 Å². The van der Waals surface area contributed by atoms with Crippen molar-refractivity contribution in [1.29, 1.82) is 0 Å². The van der Waals surface area contributed by atoms with Crippen LogP contribution in [0.4, 0.5) is 34.1 Å². The molecule has 0 bridgehead atoms. The van der Waals surface area contributed by atoms with Gasteiger partial charge in [-0.15, -0.1) is 0 Å². The number of anilines is 2. The van der Waals surface area contributed by atoms with E-state index < -0.39 is 23.7 Å². The predicted octanol–water partition coefficient (Wildman–Crippen LogP) is 3.10. The molecule has 0 unspecified atom stereocenters. The zero-order valence-electron chi connectivity index (χ0n) is 16.3. The topological polar surface area (TPSA) is 103 Å². The van der Waals surface area contributed by atoms with Gasteiger partial charge < -0.3 is 26.2 Å². The van der Waals surface area contributed by atoms with Crippen LogP contribution in [-0.2, 0) is 6.18 Å². The summed E-state index contributed by atoms with van der Waals surface area (Å²) < 4.78 is 37.9. The van der Waals surface area contributed by atoms with Gasteiger partial charge in [-0.2, -0.15) is 13.2 Å². The second kappa shape index (κ2) is 9.37. The lowest BCUT2D eigenvalue weighted by Crippen LogP contribution is -2.37. The number of amides is 5. The third-order valence-electron chi connectivity index (χ3n) is 4.50. The quantitative estimate of drug-likeness (QED) is 0.561. The van der Waals surface area contributed by atoms with Crippen LogP contribution in [0.15, 0.2) is 48.5 Å². The van der Waals surface area contributed by atoms with Gasteiger partial charge in [0.05, 0.1) is 16.8 Å². The number of para-hydroxylation sites is 1. The van der Waals surface area contributed by atoms with E-state index in [-0.39, 0.29) is 29.5 Å². The Balaban J connectivity index is 1.57. The van der Waals surface area contributed by atoms with Crippen LogP contribution in [0, 0.1) is 0 Å². The number of alkyl halides is 3. The van der Waals surface area contributed by atoms with Crippen molar-refractivity contribution in [3.63, 3.8) is 0 Å². The molecule has 1 heterocycles. The van der Waals surface area contributed by atoms with Crippen LogP contribution in [-0.4, -0.2) is 49.0 Å². The summed E-state index contributed by atoms with van der Waals surface area (Å²) in [5, 5.41) is 10.3. The van der Waals surface area contributed by atoms with Gasteiger partial charge in [0, 0.05) is 31.9 Å². The molecule has 0 radical (unpaired) electrons. The lowest BCUT2D eigenvalue weighted by Gasteiger charge is -2.15. The van der Waals surface area contributed by atoms with E-state index in [4.69, 9.17) is 0 Å². The van der Waals surface area contributed by atoms with Crippen molar-refractivity contribution in [1.82, 2.24) is 15.5 Å². The van der Waals surface area contributed by atoms with Gasteiger partial charge >= 0.3 is 18.2 Å². The molecule has 5 amide bonds. The minimum absolute atomic E-state index is 0.163. The average molecular weight is 435 g/mol. The molecule has 4 N–H and O–H groups in total. The van der Waals surface area contributed by atoms with E-state index in [9.17, 15) is 27.6 Å². The van der Waals surface area contributed by atoms with Crippen LogP contribution in [0.3, 0.4) is 0 Å². The summed E-state index contributed by atoms with van der Waals surface area (Å²) in [6.07, 6.45) is -4.47. The maximum atomic E-state index is 12.6. The number of urea groups is 2. The minimum atomic E-state index is -4.47. The zero-order valence-corrected chi connectivity index (χ0v) is 16.3. The maximum Gasteiger partial charge on any atom is 0.416 e. The molecular weight excluding hydrogens is 415 g/mol. The molecule has 0 aliphatic carbocycles. The molecule has 0 aromatic heterocycles. The van der Waals surface area contributed by atoms with Crippen molar-refractivity contribution in [3.8, 4) is 0 Å². The monoisotopic (exact) mass is 435 g/mol. The first-order chi connectivity index (χ1) is 14.7. The Kier molecular flexibility index (Phi) is 6.63. The highest BCUT2D eigenvalue weighted by molar-refractivity contribution is 6.06. The van der Waals surface area contributed by atoms with Crippen molar-refractivity contribution >= 4 is 29.3 Å². The Morgan fingerprint density at radius 3 is 2.39 bits per heavy atom. The second-order valence-electron chi connectivity index (χ2n) is 6.67. The number of nitrogens with one attached hydrogen (secondary N) is 4. The lowest BCUT2D eigenvalue weighted by molar-refractivity contribution is -0.137. The zero-order chi connectivity index (χ0) is 22.4. The normalized spacial score (nSPS) is 13.5. The van der Waals surface area contributed by atoms with Crippen LogP contribution >= 0.6 is 0 Å². The number of hydrogen-bond donors (Lipinski definition) is 4. The van der Waals surface area contributed by atoms with Gasteiger partial charge in [0.25, 0.3) is 5.91 Å². The maximum absolute atomic E-state index is 12.6. The van der Waals surface area contributed by atoms with Gasteiger partial charge in [-0.25, -0.2) is 9.59 Å². The van der Waals surface area contributed by atoms with Crippen LogP contribution in [0.2, 0.25) is 0 Å². The molecule has 0 saturated carbocycles. The Labute approximate surface area is 175 Å². The van der Waals surface area contributed by atoms with E-state index in [1.165, 1.54) is 12.1 Å². The van der Waals surface area contributed by atoms with E-state index in [1.807, 2.05) is 0 Å². The summed E-state index contributed by atoms with van der Waals surface area (Å²) in [4.78, 5) is 37.8. The molecule has 11 heteroatoms. The highest BCUT2D eigenvalue weighted by atomic mass is 19.4. The fourth-order valence-electron chi connectivity index (χ4n) is 2.94. The molecule has 0 atom stereocenters. The third kappa shape index (κ3) is 5.87. The Hall–Kier alpha value is -3.76. The highest BCUT2D eigenvalue weighted by Crippen LogP contribution is 2.29. The van der Waals surface area contributed by atoms with Gasteiger partial charge in [0.2, 0.25) is 0 Å². The number of hydrogen-bond acceptors (Lipinski definition) is 3. The van der Waals surface area contributed by atoms with Gasteiger partial charge in [-0.05, 0) is 36.4 Å². The van der Waals surface area contributed by atoms with E-state index in [0.29, 0.717) is 19.6 Å². The summed E-state index contributed by atoms with van der Waals surface area (Å²) in [5.41, 5.74) is -0.234. The van der Waals surface area contributed by atoms with Gasteiger partial charge in [-0.3, -0.25) is 4.79 Å². The summed E-state index contributed by atoms with van der Waals surface area (Å²) in [7, 11) is 0. The number of carbonyl (C=O) groups is 3. The molecule has 31 heavy (non-hydrogen) atoms. The molecule has 1 saturated heterocycles. The Morgan fingerprint density at radius 2 is 1.74 bits per heavy atom. The smallest absolute Gasteiger partial charge is 0.350 e. The molecule has 2 aromatic carbocycles. The second-order valence-corrected chi connectivity index (χ2v) is 6.67. The predicted molar refractivity (Wildman–Crippen MR) is 108 cm³/mol. The molecule has 164 valence electrons. The number of carbonyl (C=O) groups excluding carboxylic acids is 3. The van der Waals surface area contributed by atoms with Crippen molar-refractivity contribution < 1.29 is 27.6 Å². The van der Waals surface area contributed by atoms with E-state index in [0.717, 1.165) is 24.3 Å². The third-order valence-corrected chi connectivity index (χ3v) is 4.50. The molecule has 3 rings (SSSR count). The lowest BCUT2D eigenvalue weighted by atomic mass is 10.1. The van der Waals surface area contributed by atoms with Crippen LogP contribution in [0.1, 0.15) is 15.9 Å². The van der Waals surface area contributed by atoms with Crippen molar-refractivity contribution in [2.45, 2.75) is 6.18 Å². The fourth-order valence-corrected chi connectivity index (χ4v) is 2.94. The van der Waals surface area contributed by atoms with E-state index in [2.05, 4.69) is 21.3 Å².